The lowest BCUT2D eigenvalue weighted by Crippen LogP contribution is -2.57. The number of ether oxygens (including phenoxy) is 1. The van der Waals surface area contributed by atoms with Crippen LogP contribution in [0.3, 0.4) is 0 Å². The first-order valence-electron chi connectivity index (χ1n) is 10.0. The van der Waals surface area contributed by atoms with Crippen molar-refractivity contribution < 1.29 is 20.1 Å². The fourth-order valence-corrected chi connectivity index (χ4v) is 4.46. The molecule has 2 aliphatic rings. The Kier molecular flexibility index (Phi) is 7.95. The zero-order chi connectivity index (χ0) is 20.8. The van der Waals surface area contributed by atoms with Crippen LogP contribution < -0.4 is 9.62 Å². The number of anilines is 1. The van der Waals surface area contributed by atoms with E-state index in [0.717, 1.165) is 36.2 Å². The number of rotatable bonds is 6. The molecule has 0 saturated carbocycles. The van der Waals surface area contributed by atoms with Crippen LogP contribution in [0.4, 0.5) is 5.69 Å². The van der Waals surface area contributed by atoms with Crippen LogP contribution in [0.25, 0.3) is 5.57 Å². The number of nitriles is 1. The van der Waals surface area contributed by atoms with Gasteiger partial charge in [-0.3, -0.25) is 4.72 Å². The lowest BCUT2D eigenvalue weighted by Gasteiger charge is -2.36. The van der Waals surface area contributed by atoms with E-state index in [4.69, 9.17) is 9.84 Å². The van der Waals surface area contributed by atoms with Gasteiger partial charge in [-0.15, -0.1) is 0 Å². The third-order valence-corrected chi connectivity index (χ3v) is 6.61. The van der Waals surface area contributed by atoms with E-state index in [9.17, 15) is 15.5 Å². The molecule has 0 spiro atoms. The Balaban J connectivity index is 1.64. The van der Waals surface area contributed by atoms with Crippen molar-refractivity contribution in [2.45, 2.75) is 50.5 Å². The highest BCUT2D eigenvalue weighted by Crippen LogP contribution is 2.28. The smallest absolute Gasteiger partial charge is 0.110 e. The molecule has 1 aromatic carbocycles. The number of aliphatic hydroxyl groups is 3. The first-order valence-corrected chi connectivity index (χ1v) is 10.8. The van der Waals surface area contributed by atoms with Gasteiger partial charge in [0.2, 0.25) is 0 Å². The minimum Gasteiger partial charge on any atom is -0.394 e. The maximum Gasteiger partial charge on any atom is 0.110 e. The monoisotopic (exact) mass is 419 g/mol. The second kappa shape index (κ2) is 10.4. The van der Waals surface area contributed by atoms with Crippen LogP contribution in [0.2, 0.25) is 0 Å². The van der Waals surface area contributed by atoms with Gasteiger partial charge in [-0.05, 0) is 61.4 Å². The largest absolute Gasteiger partial charge is 0.394 e. The number of nitrogens with zero attached hydrogens (tertiary/aromatic N) is 2. The highest BCUT2D eigenvalue weighted by molar-refractivity contribution is 8.01. The van der Waals surface area contributed by atoms with Gasteiger partial charge in [0.25, 0.3) is 0 Å². The Morgan fingerprint density at radius 2 is 1.90 bits per heavy atom. The number of nitrogens with one attached hydrogen (secondary N) is 1. The molecule has 0 bridgehead atoms. The maximum absolute atomic E-state index is 10.2. The molecule has 29 heavy (non-hydrogen) atoms. The van der Waals surface area contributed by atoms with E-state index in [0.29, 0.717) is 4.91 Å². The summed E-state index contributed by atoms with van der Waals surface area (Å²) in [6.45, 7) is 3.86. The quantitative estimate of drug-likeness (QED) is 0.407. The molecule has 0 unspecified atom stereocenters. The van der Waals surface area contributed by atoms with Gasteiger partial charge in [0.1, 0.15) is 29.3 Å². The SMILES string of the molecule is C/C(=C(/C#N)SN[C@H]1CO[C@H](CO)[C@@H](O)[C@@H]1O)c1ccc(N2CCCCC2)cc1. The molecular weight excluding hydrogens is 390 g/mol. The van der Waals surface area contributed by atoms with Crippen LogP contribution in [0.15, 0.2) is 29.2 Å². The Bertz CT molecular complexity index is 743. The average Bonchev–Trinajstić information content (AvgIpc) is 2.77. The first kappa shape index (κ1) is 22.1. The van der Waals surface area contributed by atoms with Gasteiger partial charge in [0.05, 0.1) is 19.3 Å². The Hall–Kier alpha value is -1.60. The number of benzene rings is 1. The summed E-state index contributed by atoms with van der Waals surface area (Å²) in [6, 6.07) is 9.93. The van der Waals surface area contributed by atoms with Crippen LogP contribution >= 0.6 is 11.9 Å². The third kappa shape index (κ3) is 5.31. The summed E-state index contributed by atoms with van der Waals surface area (Å²) in [5, 5.41) is 38.9. The van der Waals surface area contributed by atoms with E-state index >= 15 is 0 Å². The molecular formula is C21H29N3O4S. The topological polar surface area (TPSA) is 109 Å². The molecule has 0 aromatic heterocycles. The fourth-order valence-electron chi connectivity index (χ4n) is 3.67. The van der Waals surface area contributed by atoms with Crippen molar-refractivity contribution in [2.75, 3.05) is 31.2 Å². The molecule has 158 valence electrons. The summed E-state index contributed by atoms with van der Waals surface area (Å²) in [5.74, 6) is 0. The molecule has 0 aliphatic carbocycles. The van der Waals surface area contributed by atoms with E-state index in [-0.39, 0.29) is 13.2 Å². The number of allylic oxidation sites excluding steroid dienone is 2. The average molecular weight is 420 g/mol. The van der Waals surface area contributed by atoms with Gasteiger partial charge in [0.15, 0.2) is 0 Å². The second-order valence-corrected chi connectivity index (χ2v) is 8.37. The molecule has 8 heteroatoms. The van der Waals surface area contributed by atoms with Crippen molar-refractivity contribution in [1.29, 1.82) is 5.26 Å². The minimum absolute atomic E-state index is 0.138. The Morgan fingerprint density at radius 3 is 2.52 bits per heavy atom. The standard InChI is InChI=1S/C21H29N3O4S/c1-14(15-5-7-16(8-6-15)24-9-3-2-4-10-24)19(11-22)29-23-17-13-28-18(12-25)21(27)20(17)26/h5-8,17-18,20-21,23,25-27H,2-4,9-10,12-13H2,1H3/b19-14+/t17-,18+,20+,21+/m0/s1. The highest BCUT2D eigenvalue weighted by Gasteiger charge is 2.38. The molecule has 7 nitrogen and oxygen atoms in total. The van der Waals surface area contributed by atoms with E-state index < -0.39 is 24.4 Å². The first-order chi connectivity index (χ1) is 14.0. The maximum atomic E-state index is 10.2. The lowest BCUT2D eigenvalue weighted by molar-refractivity contribution is -0.158. The number of aliphatic hydroxyl groups excluding tert-OH is 3. The van der Waals surface area contributed by atoms with E-state index in [1.807, 2.05) is 19.1 Å². The van der Waals surface area contributed by atoms with Gasteiger partial charge in [-0.1, -0.05) is 12.1 Å². The molecule has 1 aromatic rings. The fraction of sp³-hybridized carbons (Fsp3) is 0.571. The van der Waals surface area contributed by atoms with Crippen LogP contribution in [-0.4, -0.2) is 66.0 Å². The number of hydrogen-bond donors (Lipinski definition) is 4. The third-order valence-electron chi connectivity index (χ3n) is 5.59. The molecule has 2 aliphatic heterocycles. The van der Waals surface area contributed by atoms with Gasteiger partial charge >= 0.3 is 0 Å². The second-order valence-electron chi connectivity index (χ2n) is 7.52. The van der Waals surface area contributed by atoms with Crippen LogP contribution in [0.1, 0.15) is 31.7 Å². The molecule has 3 rings (SSSR count). The van der Waals surface area contributed by atoms with E-state index in [1.165, 1.54) is 24.9 Å². The van der Waals surface area contributed by atoms with Gasteiger partial charge in [-0.2, -0.15) is 5.26 Å². The number of hydrogen-bond acceptors (Lipinski definition) is 8. The van der Waals surface area contributed by atoms with Crippen molar-refractivity contribution in [2.24, 2.45) is 0 Å². The highest BCUT2D eigenvalue weighted by atomic mass is 32.2. The van der Waals surface area contributed by atoms with Crippen LogP contribution in [-0.2, 0) is 4.74 Å². The van der Waals surface area contributed by atoms with Crippen molar-refractivity contribution >= 4 is 23.2 Å². The van der Waals surface area contributed by atoms with Gasteiger partial charge in [-0.25, -0.2) is 0 Å². The Morgan fingerprint density at radius 1 is 1.21 bits per heavy atom. The van der Waals surface area contributed by atoms with Gasteiger partial charge in [0, 0.05) is 18.8 Å². The normalized spacial score (nSPS) is 28.6. The lowest BCUT2D eigenvalue weighted by atomic mass is 9.99. The summed E-state index contributed by atoms with van der Waals surface area (Å²) in [5.41, 5.74) is 3.02. The van der Waals surface area contributed by atoms with Crippen molar-refractivity contribution in [3.05, 3.63) is 34.7 Å². The van der Waals surface area contributed by atoms with Crippen molar-refractivity contribution in [3.63, 3.8) is 0 Å². The van der Waals surface area contributed by atoms with Gasteiger partial charge < -0.3 is 25.0 Å². The van der Waals surface area contributed by atoms with Crippen molar-refractivity contribution in [3.8, 4) is 6.07 Å². The predicted octanol–water partition coefficient (Wildman–Crippen LogP) is 1.65. The summed E-state index contributed by atoms with van der Waals surface area (Å²) in [6.07, 6.45) is 0.698. The predicted molar refractivity (Wildman–Crippen MR) is 114 cm³/mol. The van der Waals surface area contributed by atoms with E-state index in [1.54, 1.807) is 0 Å². The zero-order valence-corrected chi connectivity index (χ0v) is 17.4. The summed E-state index contributed by atoms with van der Waals surface area (Å²) in [7, 11) is 0. The van der Waals surface area contributed by atoms with E-state index in [2.05, 4.69) is 27.8 Å². The molecule has 4 atom stereocenters. The molecule has 0 radical (unpaired) electrons. The number of piperidine rings is 1. The molecule has 0 amide bonds. The minimum atomic E-state index is -1.18. The summed E-state index contributed by atoms with van der Waals surface area (Å²) in [4.78, 5) is 2.88. The summed E-state index contributed by atoms with van der Waals surface area (Å²) >= 11 is 1.12. The molecule has 2 fully saturated rings. The molecule has 2 heterocycles. The summed E-state index contributed by atoms with van der Waals surface area (Å²) < 4.78 is 8.39. The molecule has 4 N–H and O–H groups in total. The Labute approximate surface area is 176 Å². The van der Waals surface area contributed by atoms with Crippen LogP contribution in [0, 0.1) is 11.3 Å². The zero-order valence-electron chi connectivity index (χ0n) is 16.6. The van der Waals surface area contributed by atoms with Crippen LogP contribution in [0.5, 0.6) is 0 Å². The van der Waals surface area contributed by atoms with Crippen molar-refractivity contribution in [1.82, 2.24) is 4.72 Å². The molecule has 2 saturated heterocycles.